The van der Waals surface area contributed by atoms with E-state index in [1.165, 1.54) is 17.4 Å². The van der Waals surface area contributed by atoms with E-state index in [0.717, 1.165) is 6.54 Å². The number of rotatable bonds is 7. The summed E-state index contributed by atoms with van der Waals surface area (Å²) in [4.78, 5) is 29.8. The van der Waals surface area contributed by atoms with Gasteiger partial charge in [0.05, 0.1) is 6.04 Å². The lowest BCUT2D eigenvalue weighted by Crippen LogP contribution is -2.45. The highest BCUT2D eigenvalue weighted by molar-refractivity contribution is 7.98. The third-order valence-corrected chi connectivity index (χ3v) is 5.58. The third kappa shape index (κ3) is 4.98. The van der Waals surface area contributed by atoms with Gasteiger partial charge in [-0.3, -0.25) is 14.5 Å². The van der Waals surface area contributed by atoms with Crippen molar-refractivity contribution < 1.29 is 9.59 Å². The number of benzene rings is 1. The van der Waals surface area contributed by atoms with Gasteiger partial charge in [-0.25, -0.2) is 0 Å². The molecule has 0 radical (unpaired) electrons. The highest BCUT2D eigenvalue weighted by Crippen LogP contribution is 2.27. The SMILES string of the molecule is CCN(CC)C(=O)C1CC(NC(C)=O)CN1Cc1ccccc1SC. The quantitative estimate of drug-likeness (QED) is 0.756. The lowest BCUT2D eigenvalue weighted by atomic mass is 10.1. The molecule has 2 amide bonds. The van der Waals surface area contributed by atoms with Crippen LogP contribution in [0, 0.1) is 0 Å². The molecule has 1 heterocycles. The minimum atomic E-state index is -0.174. The van der Waals surface area contributed by atoms with Crippen molar-refractivity contribution in [1.29, 1.82) is 0 Å². The predicted molar refractivity (Wildman–Crippen MR) is 103 cm³/mol. The van der Waals surface area contributed by atoms with Crippen molar-refractivity contribution in [1.82, 2.24) is 15.1 Å². The smallest absolute Gasteiger partial charge is 0.240 e. The Kier molecular flexibility index (Phi) is 7.32. The molecule has 0 aliphatic carbocycles. The molecule has 1 aromatic carbocycles. The Balaban J connectivity index is 2.21. The van der Waals surface area contributed by atoms with Gasteiger partial charge in [-0.15, -0.1) is 11.8 Å². The second-order valence-corrected chi connectivity index (χ2v) is 7.25. The minimum absolute atomic E-state index is 0.0310. The maximum Gasteiger partial charge on any atom is 0.240 e. The fourth-order valence-corrected chi connectivity index (χ4v) is 4.14. The Morgan fingerprint density at radius 1 is 1.28 bits per heavy atom. The van der Waals surface area contributed by atoms with E-state index in [1.54, 1.807) is 11.8 Å². The Morgan fingerprint density at radius 2 is 1.96 bits per heavy atom. The maximum atomic E-state index is 13.0. The van der Waals surface area contributed by atoms with Gasteiger partial charge in [-0.1, -0.05) is 18.2 Å². The average molecular weight is 364 g/mol. The molecule has 1 N–H and O–H groups in total. The van der Waals surface area contributed by atoms with Crippen molar-refractivity contribution in [3.63, 3.8) is 0 Å². The second-order valence-electron chi connectivity index (χ2n) is 6.40. The first kappa shape index (κ1) is 19.8. The van der Waals surface area contributed by atoms with Crippen molar-refractivity contribution in [2.75, 3.05) is 25.9 Å². The fraction of sp³-hybridized carbons (Fsp3) is 0.579. The van der Waals surface area contributed by atoms with Gasteiger partial charge < -0.3 is 10.2 Å². The van der Waals surface area contributed by atoms with Crippen molar-refractivity contribution in [2.24, 2.45) is 0 Å². The number of nitrogens with one attached hydrogen (secondary N) is 1. The van der Waals surface area contributed by atoms with Crippen molar-refractivity contribution in [3.8, 4) is 0 Å². The van der Waals surface area contributed by atoms with E-state index < -0.39 is 0 Å². The number of thioether (sulfide) groups is 1. The topological polar surface area (TPSA) is 52.7 Å². The molecule has 0 bridgehead atoms. The Morgan fingerprint density at radius 3 is 2.56 bits per heavy atom. The normalized spacial score (nSPS) is 20.5. The van der Waals surface area contributed by atoms with Crippen LogP contribution in [0.25, 0.3) is 0 Å². The van der Waals surface area contributed by atoms with Gasteiger partial charge in [-0.05, 0) is 38.2 Å². The number of hydrogen-bond acceptors (Lipinski definition) is 4. The molecular formula is C19H29N3O2S. The molecule has 138 valence electrons. The Bertz CT molecular complexity index is 604. The van der Waals surface area contributed by atoms with Gasteiger partial charge in [0.15, 0.2) is 0 Å². The molecule has 5 nitrogen and oxygen atoms in total. The van der Waals surface area contributed by atoms with Crippen LogP contribution < -0.4 is 5.32 Å². The van der Waals surface area contributed by atoms with E-state index in [4.69, 9.17) is 0 Å². The van der Waals surface area contributed by atoms with Gasteiger partial charge in [0.25, 0.3) is 0 Å². The van der Waals surface area contributed by atoms with E-state index in [2.05, 4.69) is 28.6 Å². The molecular weight excluding hydrogens is 334 g/mol. The monoisotopic (exact) mass is 363 g/mol. The van der Waals surface area contributed by atoms with Crippen molar-refractivity contribution >= 4 is 23.6 Å². The van der Waals surface area contributed by atoms with Crippen LogP contribution >= 0.6 is 11.8 Å². The molecule has 1 aliphatic rings. The van der Waals surface area contributed by atoms with Crippen molar-refractivity contribution in [2.45, 2.75) is 50.7 Å². The molecule has 0 saturated carbocycles. The maximum absolute atomic E-state index is 13.0. The standard InChI is InChI=1S/C19H29N3O2S/c1-5-21(6-2)19(24)17-11-16(20-14(3)23)13-22(17)12-15-9-7-8-10-18(15)25-4/h7-10,16-17H,5-6,11-13H2,1-4H3,(H,20,23). The summed E-state index contributed by atoms with van der Waals surface area (Å²) in [5.74, 6) is 0.130. The zero-order chi connectivity index (χ0) is 18.4. The predicted octanol–water partition coefficient (Wildman–Crippen LogP) is 2.36. The van der Waals surface area contributed by atoms with Crippen LogP contribution in [0.1, 0.15) is 32.8 Å². The van der Waals surface area contributed by atoms with Gasteiger partial charge >= 0.3 is 0 Å². The van der Waals surface area contributed by atoms with E-state index >= 15 is 0 Å². The summed E-state index contributed by atoms with van der Waals surface area (Å²) in [7, 11) is 0. The van der Waals surface area contributed by atoms with Crippen LogP contribution in [0.5, 0.6) is 0 Å². The van der Waals surface area contributed by atoms with Crippen LogP contribution in [0.3, 0.4) is 0 Å². The van der Waals surface area contributed by atoms with Crippen LogP contribution in [-0.4, -0.2) is 59.6 Å². The first-order chi connectivity index (χ1) is 12.0. The molecule has 6 heteroatoms. The summed E-state index contributed by atoms with van der Waals surface area (Å²) in [5, 5.41) is 2.99. The fourth-order valence-electron chi connectivity index (χ4n) is 3.53. The van der Waals surface area contributed by atoms with E-state index in [0.29, 0.717) is 26.1 Å². The van der Waals surface area contributed by atoms with Crippen LogP contribution in [-0.2, 0) is 16.1 Å². The van der Waals surface area contributed by atoms with Gasteiger partial charge in [-0.2, -0.15) is 0 Å². The van der Waals surface area contributed by atoms with Gasteiger partial charge in [0.2, 0.25) is 11.8 Å². The number of nitrogens with zero attached hydrogens (tertiary/aromatic N) is 2. The zero-order valence-corrected chi connectivity index (χ0v) is 16.4. The summed E-state index contributed by atoms with van der Waals surface area (Å²) < 4.78 is 0. The van der Waals surface area contributed by atoms with Crippen LogP contribution in [0.2, 0.25) is 0 Å². The molecule has 2 atom stereocenters. The summed E-state index contributed by atoms with van der Waals surface area (Å²) in [6, 6.07) is 8.17. The zero-order valence-electron chi connectivity index (χ0n) is 15.6. The largest absolute Gasteiger partial charge is 0.352 e. The molecule has 2 rings (SSSR count). The summed E-state index contributed by atoms with van der Waals surface area (Å²) in [5.41, 5.74) is 1.23. The summed E-state index contributed by atoms with van der Waals surface area (Å²) in [6.45, 7) is 8.42. The molecule has 2 unspecified atom stereocenters. The third-order valence-electron chi connectivity index (χ3n) is 4.74. The number of likely N-dealkylation sites (tertiary alicyclic amines) is 1. The van der Waals surface area contributed by atoms with Crippen molar-refractivity contribution in [3.05, 3.63) is 29.8 Å². The summed E-state index contributed by atoms with van der Waals surface area (Å²) in [6.07, 6.45) is 2.75. The lowest BCUT2D eigenvalue weighted by Gasteiger charge is -2.29. The minimum Gasteiger partial charge on any atom is -0.352 e. The number of hydrogen-bond donors (Lipinski definition) is 1. The Labute approximate surface area is 155 Å². The van der Waals surface area contributed by atoms with E-state index in [1.807, 2.05) is 30.9 Å². The highest BCUT2D eigenvalue weighted by atomic mass is 32.2. The molecule has 1 saturated heterocycles. The van der Waals surface area contributed by atoms with E-state index in [-0.39, 0.29) is 23.9 Å². The number of amides is 2. The molecule has 25 heavy (non-hydrogen) atoms. The molecule has 1 aliphatic heterocycles. The highest BCUT2D eigenvalue weighted by Gasteiger charge is 2.38. The molecule has 1 fully saturated rings. The number of carbonyl (C=O) groups is 2. The molecule has 0 spiro atoms. The second kappa shape index (κ2) is 9.25. The Hall–Kier alpha value is -1.53. The molecule has 0 aromatic heterocycles. The van der Waals surface area contributed by atoms with Crippen LogP contribution in [0.4, 0.5) is 0 Å². The van der Waals surface area contributed by atoms with Gasteiger partial charge in [0.1, 0.15) is 0 Å². The average Bonchev–Trinajstić information content (AvgIpc) is 2.97. The number of likely N-dealkylation sites (N-methyl/N-ethyl adjacent to an activating group) is 1. The first-order valence-corrected chi connectivity index (χ1v) is 10.1. The van der Waals surface area contributed by atoms with E-state index in [9.17, 15) is 9.59 Å². The first-order valence-electron chi connectivity index (χ1n) is 8.91. The van der Waals surface area contributed by atoms with Gasteiger partial charge in [0, 0.05) is 44.0 Å². The number of carbonyl (C=O) groups excluding carboxylic acids is 2. The summed E-state index contributed by atoms with van der Waals surface area (Å²) >= 11 is 1.72. The molecule has 1 aromatic rings. The lowest BCUT2D eigenvalue weighted by molar-refractivity contribution is -0.135. The van der Waals surface area contributed by atoms with Crippen LogP contribution in [0.15, 0.2) is 29.2 Å².